The molecule has 0 aromatic heterocycles. The Labute approximate surface area is 119 Å². The van der Waals surface area contributed by atoms with Gasteiger partial charge in [-0.05, 0) is 20.8 Å². The SMILES string of the molecule is CC1ON=C(C(F)(F)F)C1CS(=O)(=O)C1=NOC(C)(C)C1. The fourth-order valence-corrected chi connectivity index (χ4v) is 3.89. The van der Waals surface area contributed by atoms with Crippen LogP contribution in [0, 0.1) is 5.92 Å². The summed E-state index contributed by atoms with van der Waals surface area (Å²) in [6.07, 6.45) is -5.67. The van der Waals surface area contributed by atoms with Crippen LogP contribution in [0.1, 0.15) is 27.2 Å². The summed E-state index contributed by atoms with van der Waals surface area (Å²) in [4.78, 5) is 9.54. The smallest absolute Gasteiger partial charge is 0.392 e. The van der Waals surface area contributed by atoms with E-state index in [1.807, 2.05) is 0 Å². The Morgan fingerprint density at radius 3 is 2.43 bits per heavy atom. The van der Waals surface area contributed by atoms with E-state index in [0.29, 0.717) is 0 Å². The van der Waals surface area contributed by atoms with Crippen LogP contribution in [0.25, 0.3) is 0 Å². The number of rotatable bonds is 2. The molecule has 2 atom stereocenters. The van der Waals surface area contributed by atoms with Crippen LogP contribution >= 0.6 is 0 Å². The van der Waals surface area contributed by atoms with Crippen molar-refractivity contribution in [1.29, 1.82) is 0 Å². The first-order valence-electron chi connectivity index (χ1n) is 6.21. The molecule has 0 amide bonds. The molecule has 0 spiro atoms. The van der Waals surface area contributed by atoms with Crippen molar-refractivity contribution in [2.45, 2.75) is 45.1 Å². The zero-order valence-electron chi connectivity index (χ0n) is 11.6. The molecule has 6 nitrogen and oxygen atoms in total. The van der Waals surface area contributed by atoms with Gasteiger partial charge in [-0.25, -0.2) is 8.42 Å². The van der Waals surface area contributed by atoms with Crippen LogP contribution in [0.15, 0.2) is 10.3 Å². The van der Waals surface area contributed by atoms with Crippen LogP contribution in [0.5, 0.6) is 0 Å². The number of hydrogen-bond donors (Lipinski definition) is 0. The summed E-state index contributed by atoms with van der Waals surface area (Å²) in [5.74, 6) is -2.13. The third-order valence-corrected chi connectivity index (χ3v) is 4.99. The first-order chi connectivity index (χ1) is 9.42. The molecule has 2 heterocycles. The van der Waals surface area contributed by atoms with Crippen molar-refractivity contribution >= 4 is 20.6 Å². The molecule has 0 fully saturated rings. The number of sulfone groups is 1. The van der Waals surface area contributed by atoms with Crippen LogP contribution in [-0.4, -0.2) is 42.8 Å². The Morgan fingerprint density at radius 2 is 1.95 bits per heavy atom. The molecule has 0 saturated heterocycles. The second-order valence-electron chi connectivity index (χ2n) is 5.69. The summed E-state index contributed by atoms with van der Waals surface area (Å²) < 4.78 is 62.8. The second kappa shape index (κ2) is 4.85. The van der Waals surface area contributed by atoms with Gasteiger partial charge in [-0.2, -0.15) is 13.2 Å². The Kier molecular flexibility index (Phi) is 3.71. The second-order valence-corrected chi connectivity index (χ2v) is 7.72. The van der Waals surface area contributed by atoms with Crippen LogP contribution in [-0.2, 0) is 19.5 Å². The van der Waals surface area contributed by atoms with Crippen molar-refractivity contribution in [1.82, 2.24) is 0 Å². The van der Waals surface area contributed by atoms with Crippen molar-refractivity contribution in [3.63, 3.8) is 0 Å². The third-order valence-electron chi connectivity index (χ3n) is 3.26. The quantitative estimate of drug-likeness (QED) is 0.775. The number of alkyl halides is 3. The number of nitrogens with zero attached hydrogens (tertiary/aromatic N) is 2. The van der Waals surface area contributed by atoms with Crippen molar-refractivity contribution in [3.05, 3.63) is 0 Å². The third kappa shape index (κ3) is 3.30. The van der Waals surface area contributed by atoms with E-state index in [-0.39, 0.29) is 11.5 Å². The van der Waals surface area contributed by atoms with Gasteiger partial charge in [0.1, 0.15) is 11.7 Å². The molecule has 2 aliphatic heterocycles. The van der Waals surface area contributed by atoms with Gasteiger partial charge in [0.2, 0.25) is 0 Å². The van der Waals surface area contributed by atoms with Crippen LogP contribution in [0.3, 0.4) is 0 Å². The highest BCUT2D eigenvalue weighted by atomic mass is 32.2. The van der Waals surface area contributed by atoms with Gasteiger partial charge in [0.15, 0.2) is 20.6 Å². The average Bonchev–Trinajstić information content (AvgIpc) is 2.82. The Balaban J connectivity index is 2.19. The van der Waals surface area contributed by atoms with E-state index in [0.717, 1.165) is 0 Å². The van der Waals surface area contributed by atoms with Crippen LogP contribution in [0.4, 0.5) is 13.2 Å². The highest BCUT2D eigenvalue weighted by Gasteiger charge is 2.50. The zero-order valence-corrected chi connectivity index (χ0v) is 12.5. The molecule has 2 rings (SSSR count). The molecule has 0 aromatic carbocycles. The van der Waals surface area contributed by atoms with Crippen molar-refractivity contribution in [2.24, 2.45) is 16.2 Å². The van der Waals surface area contributed by atoms with Gasteiger partial charge in [0.05, 0.1) is 11.7 Å². The van der Waals surface area contributed by atoms with Gasteiger partial charge in [-0.15, -0.1) is 0 Å². The summed E-state index contributed by atoms with van der Waals surface area (Å²) in [6.45, 7) is 4.63. The summed E-state index contributed by atoms with van der Waals surface area (Å²) in [6, 6.07) is 0. The van der Waals surface area contributed by atoms with Gasteiger partial charge in [0, 0.05) is 6.42 Å². The summed E-state index contributed by atoms with van der Waals surface area (Å²) in [5, 5.41) is 6.20. The lowest BCUT2D eigenvalue weighted by Gasteiger charge is -2.17. The fraction of sp³-hybridized carbons (Fsp3) is 0.818. The molecule has 21 heavy (non-hydrogen) atoms. The molecule has 120 valence electrons. The van der Waals surface area contributed by atoms with Gasteiger partial charge in [-0.1, -0.05) is 10.3 Å². The first kappa shape index (κ1) is 16.1. The summed E-state index contributed by atoms with van der Waals surface area (Å²) in [7, 11) is -3.98. The number of halogens is 3. The summed E-state index contributed by atoms with van der Waals surface area (Å²) >= 11 is 0. The largest absolute Gasteiger partial charge is 0.433 e. The summed E-state index contributed by atoms with van der Waals surface area (Å²) in [5.41, 5.74) is -1.99. The lowest BCUT2D eigenvalue weighted by Crippen LogP contribution is -2.38. The van der Waals surface area contributed by atoms with Crippen molar-refractivity contribution in [3.8, 4) is 0 Å². The minimum Gasteiger partial charge on any atom is -0.392 e. The van der Waals surface area contributed by atoms with Crippen LogP contribution < -0.4 is 0 Å². The van der Waals surface area contributed by atoms with E-state index in [4.69, 9.17) is 4.84 Å². The van der Waals surface area contributed by atoms with Gasteiger partial charge < -0.3 is 9.68 Å². The molecule has 0 aliphatic carbocycles. The normalized spacial score (nSPS) is 28.7. The molecular weight excluding hydrogens is 313 g/mol. The highest BCUT2D eigenvalue weighted by molar-refractivity contribution is 8.06. The van der Waals surface area contributed by atoms with E-state index in [1.54, 1.807) is 13.8 Å². The minimum absolute atomic E-state index is 0.0236. The van der Waals surface area contributed by atoms with E-state index >= 15 is 0 Å². The van der Waals surface area contributed by atoms with Crippen molar-refractivity contribution < 1.29 is 31.3 Å². The molecule has 0 saturated carbocycles. The first-order valence-corrected chi connectivity index (χ1v) is 7.86. The van der Waals surface area contributed by atoms with Gasteiger partial charge >= 0.3 is 6.18 Å². The topological polar surface area (TPSA) is 77.3 Å². The molecule has 0 bridgehead atoms. The lowest BCUT2D eigenvalue weighted by molar-refractivity contribution is -0.0619. The minimum atomic E-state index is -4.72. The molecule has 0 N–H and O–H groups in total. The Morgan fingerprint density at radius 1 is 1.33 bits per heavy atom. The molecule has 10 heteroatoms. The monoisotopic (exact) mass is 328 g/mol. The predicted octanol–water partition coefficient (Wildman–Crippen LogP) is 1.87. The van der Waals surface area contributed by atoms with E-state index in [2.05, 4.69) is 15.1 Å². The van der Waals surface area contributed by atoms with Crippen molar-refractivity contribution in [2.75, 3.05) is 5.75 Å². The molecule has 0 aromatic rings. The molecule has 2 unspecified atom stereocenters. The van der Waals surface area contributed by atoms with Crippen LogP contribution in [0.2, 0.25) is 0 Å². The van der Waals surface area contributed by atoms with E-state index in [1.165, 1.54) is 6.92 Å². The Hall–Kier alpha value is -1.32. The van der Waals surface area contributed by atoms with Gasteiger partial charge in [0.25, 0.3) is 0 Å². The maximum absolute atomic E-state index is 12.8. The maximum atomic E-state index is 12.8. The van der Waals surface area contributed by atoms with Gasteiger partial charge in [-0.3, -0.25) is 0 Å². The molecular formula is C11H15F3N2O4S. The Bertz CT molecular complexity index is 595. The lowest BCUT2D eigenvalue weighted by atomic mass is 10.0. The maximum Gasteiger partial charge on any atom is 0.433 e. The predicted molar refractivity (Wildman–Crippen MR) is 68.5 cm³/mol. The zero-order chi connectivity index (χ0) is 16.1. The van der Waals surface area contributed by atoms with E-state index < -0.39 is 45.1 Å². The molecule has 0 radical (unpaired) electrons. The number of hydrogen-bond acceptors (Lipinski definition) is 6. The molecule has 2 aliphatic rings. The highest BCUT2D eigenvalue weighted by Crippen LogP contribution is 2.33. The van der Waals surface area contributed by atoms with E-state index in [9.17, 15) is 21.6 Å². The standard InChI is InChI=1S/C11H15F3N2O4S/c1-6-7(9(16-19-6)11(12,13)14)5-21(17,18)8-4-10(2,3)20-15-8/h6-7H,4-5H2,1-3H3. The average molecular weight is 328 g/mol. The fourth-order valence-electron chi connectivity index (χ4n) is 2.08. The number of oxime groups is 2.